The van der Waals surface area contributed by atoms with Crippen LogP contribution in [0, 0.1) is 17.3 Å². The summed E-state index contributed by atoms with van der Waals surface area (Å²) in [6.07, 6.45) is 3.89. The van der Waals surface area contributed by atoms with E-state index in [0.29, 0.717) is 13.2 Å². The Hall–Kier alpha value is -1.10. The van der Waals surface area contributed by atoms with E-state index in [9.17, 15) is 9.59 Å². The van der Waals surface area contributed by atoms with Crippen molar-refractivity contribution in [3.8, 4) is 0 Å². The van der Waals surface area contributed by atoms with E-state index in [-0.39, 0.29) is 29.1 Å². The number of hydrogen-bond donors (Lipinski definition) is 0. The third-order valence-electron chi connectivity index (χ3n) is 4.80. The summed E-state index contributed by atoms with van der Waals surface area (Å²) < 4.78 is 10.4. The first-order chi connectivity index (χ1) is 9.15. The van der Waals surface area contributed by atoms with Crippen molar-refractivity contribution >= 4 is 11.9 Å². The van der Waals surface area contributed by atoms with Crippen LogP contribution >= 0.6 is 0 Å². The number of hydrogen-bond acceptors (Lipinski definition) is 4. The van der Waals surface area contributed by atoms with Crippen molar-refractivity contribution in [2.45, 2.75) is 25.7 Å². The number of rotatable bonds is 2. The molecule has 3 fully saturated rings. The first-order valence-corrected chi connectivity index (χ1v) is 7.10. The van der Waals surface area contributed by atoms with Crippen LogP contribution in [-0.2, 0) is 19.1 Å². The summed E-state index contributed by atoms with van der Waals surface area (Å²) in [6, 6.07) is 0. The van der Waals surface area contributed by atoms with Gasteiger partial charge in [0.15, 0.2) is 0 Å². The topological polar surface area (TPSA) is 55.8 Å². The van der Waals surface area contributed by atoms with E-state index in [1.807, 2.05) is 4.90 Å². The zero-order chi connectivity index (χ0) is 13.5. The molecule has 19 heavy (non-hydrogen) atoms. The monoisotopic (exact) mass is 267 g/mol. The highest BCUT2D eigenvalue weighted by molar-refractivity contribution is 5.87. The van der Waals surface area contributed by atoms with Crippen LogP contribution in [0.2, 0.25) is 0 Å². The Bertz CT molecular complexity index is 391. The lowest BCUT2D eigenvalue weighted by molar-refractivity contribution is -0.159. The lowest BCUT2D eigenvalue weighted by Crippen LogP contribution is -2.48. The largest absolute Gasteiger partial charge is 0.469 e. The van der Waals surface area contributed by atoms with E-state index in [2.05, 4.69) is 0 Å². The molecule has 5 heteroatoms. The van der Waals surface area contributed by atoms with Crippen molar-refractivity contribution in [1.29, 1.82) is 0 Å². The van der Waals surface area contributed by atoms with Gasteiger partial charge in [0.1, 0.15) is 0 Å². The van der Waals surface area contributed by atoms with E-state index in [4.69, 9.17) is 9.47 Å². The van der Waals surface area contributed by atoms with Crippen molar-refractivity contribution < 1.29 is 19.1 Å². The molecule has 1 heterocycles. The molecule has 1 saturated heterocycles. The zero-order valence-electron chi connectivity index (χ0n) is 11.4. The number of ether oxygens (including phenoxy) is 2. The number of methoxy groups -OCH3 is 1. The van der Waals surface area contributed by atoms with Crippen molar-refractivity contribution in [2.24, 2.45) is 17.3 Å². The van der Waals surface area contributed by atoms with Gasteiger partial charge in [0.25, 0.3) is 0 Å². The normalized spacial score (nSPS) is 32.4. The minimum atomic E-state index is -0.239. The van der Waals surface area contributed by atoms with Gasteiger partial charge in [-0.1, -0.05) is 0 Å². The number of nitrogens with zero attached hydrogens (tertiary/aromatic N) is 1. The summed E-state index contributed by atoms with van der Waals surface area (Å²) in [5.74, 6) is -0.506. The van der Waals surface area contributed by atoms with Gasteiger partial charge in [-0.25, -0.2) is 0 Å². The van der Waals surface area contributed by atoms with Crippen LogP contribution in [0.15, 0.2) is 0 Å². The minimum Gasteiger partial charge on any atom is -0.469 e. The minimum absolute atomic E-state index is 0.124. The second-order valence-electron chi connectivity index (χ2n) is 6.13. The highest BCUT2D eigenvalue weighted by Gasteiger charge is 2.49. The van der Waals surface area contributed by atoms with Crippen LogP contribution in [0.25, 0.3) is 0 Å². The molecule has 2 aliphatic carbocycles. The second-order valence-corrected chi connectivity index (χ2v) is 6.13. The smallest absolute Gasteiger partial charge is 0.309 e. The first kappa shape index (κ1) is 12.9. The molecule has 0 aromatic rings. The average Bonchev–Trinajstić information content (AvgIpc) is 3.15. The fraction of sp³-hybridized carbons (Fsp3) is 0.857. The Kier molecular flexibility index (Phi) is 3.25. The molecule has 2 saturated carbocycles. The predicted octanol–water partition coefficient (Wildman–Crippen LogP) is 0.825. The summed E-state index contributed by atoms with van der Waals surface area (Å²) in [5.41, 5.74) is 0.219. The van der Waals surface area contributed by atoms with Crippen molar-refractivity contribution in [1.82, 2.24) is 4.90 Å². The summed E-state index contributed by atoms with van der Waals surface area (Å²) in [4.78, 5) is 26.0. The van der Waals surface area contributed by atoms with Crippen molar-refractivity contribution in [3.05, 3.63) is 0 Å². The molecule has 0 aromatic heterocycles. The maximum absolute atomic E-state index is 12.5. The van der Waals surface area contributed by atoms with Gasteiger partial charge in [-0.05, 0) is 25.7 Å². The molecule has 1 aliphatic heterocycles. The van der Waals surface area contributed by atoms with Gasteiger partial charge in [0.2, 0.25) is 5.91 Å². The van der Waals surface area contributed by atoms with Gasteiger partial charge in [0, 0.05) is 18.5 Å². The molecule has 5 nitrogen and oxygen atoms in total. The Morgan fingerprint density at radius 1 is 1.26 bits per heavy atom. The van der Waals surface area contributed by atoms with Crippen LogP contribution < -0.4 is 0 Å². The number of carbonyl (C=O) groups excluding carboxylic acids is 2. The van der Waals surface area contributed by atoms with Gasteiger partial charge in [0.05, 0.1) is 32.2 Å². The van der Waals surface area contributed by atoms with Gasteiger partial charge in [-0.3, -0.25) is 9.59 Å². The third kappa shape index (κ3) is 2.36. The maximum Gasteiger partial charge on any atom is 0.309 e. The standard InChI is InChI=1S/C14H21NO4/c1-18-13(17)11-3-2-10(11)12(16)15-6-7-19-9-14(8-15)4-5-14/h10-11H,2-9H2,1H3/t10-,11-/m1/s1. The van der Waals surface area contributed by atoms with Gasteiger partial charge >= 0.3 is 5.97 Å². The molecule has 3 rings (SSSR count). The van der Waals surface area contributed by atoms with Crippen LogP contribution in [0.5, 0.6) is 0 Å². The molecule has 106 valence electrons. The van der Waals surface area contributed by atoms with Crippen LogP contribution in [0.1, 0.15) is 25.7 Å². The van der Waals surface area contributed by atoms with E-state index >= 15 is 0 Å². The van der Waals surface area contributed by atoms with Crippen molar-refractivity contribution in [2.75, 3.05) is 33.4 Å². The quantitative estimate of drug-likeness (QED) is 0.695. The molecule has 0 unspecified atom stereocenters. The highest BCUT2D eigenvalue weighted by atomic mass is 16.5. The van der Waals surface area contributed by atoms with Crippen LogP contribution in [0.3, 0.4) is 0 Å². The molecule has 0 N–H and O–H groups in total. The Morgan fingerprint density at radius 3 is 2.58 bits per heavy atom. The van der Waals surface area contributed by atoms with E-state index in [1.54, 1.807) is 0 Å². The number of amides is 1. The zero-order valence-corrected chi connectivity index (χ0v) is 11.4. The SMILES string of the molecule is COC(=O)[C@@H]1CC[C@H]1C(=O)N1CCOCC2(CC2)C1. The van der Waals surface area contributed by atoms with E-state index in [0.717, 1.165) is 38.8 Å². The van der Waals surface area contributed by atoms with Gasteiger partial charge < -0.3 is 14.4 Å². The Balaban J connectivity index is 1.64. The predicted molar refractivity (Wildman–Crippen MR) is 67.3 cm³/mol. The number of esters is 1. The Morgan fingerprint density at radius 2 is 2.00 bits per heavy atom. The molecule has 2 atom stereocenters. The third-order valence-corrected chi connectivity index (χ3v) is 4.80. The van der Waals surface area contributed by atoms with E-state index in [1.165, 1.54) is 7.11 Å². The molecular formula is C14H21NO4. The molecule has 0 bridgehead atoms. The summed E-state index contributed by atoms with van der Waals surface area (Å²) in [5, 5.41) is 0. The summed E-state index contributed by atoms with van der Waals surface area (Å²) in [7, 11) is 1.39. The van der Waals surface area contributed by atoms with Crippen LogP contribution in [0.4, 0.5) is 0 Å². The fourth-order valence-corrected chi connectivity index (χ4v) is 3.12. The first-order valence-electron chi connectivity index (χ1n) is 7.10. The van der Waals surface area contributed by atoms with Gasteiger partial charge in [-0.15, -0.1) is 0 Å². The van der Waals surface area contributed by atoms with Gasteiger partial charge in [-0.2, -0.15) is 0 Å². The molecule has 1 amide bonds. The summed E-state index contributed by atoms with van der Waals surface area (Å²) >= 11 is 0. The van der Waals surface area contributed by atoms with E-state index < -0.39 is 0 Å². The summed E-state index contributed by atoms with van der Waals surface area (Å²) in [6.45, 7) is 2.85. The molecule has 0 aromatic carbocycles. The molecule has 0 radical (unpaired) electrons. The Labute approximate surface area is 113 Å². The van der Waals surface area contributed by atoms with Crippen LogP contribution in [-0.4, -0.2) is 50.2 Å². The highest BCUT2D eigenvalue weighted by Crippen LogP contribution is 2.48. The number of carbonyl (C=O) groups is 2. The fourth-order valence-electron chi connectivity index (χ4n) is 3.12. The molecule has 3 aliphatic rings. The molecular weight excluding hydrogens is 246 g/mol. The second kappa shape index (κ2) is 4.78. The lowest BCUT2D eigenvalue weighted by atomic mass is 9.72. The molecule has 1 spiro atoms. The van der Waals surface area contributed by atoms with Crippen molar-refractivity contribution in [3.63, 3.8) is 0 Å². The lowest BCUT2D eigenvalue weighted by Gasteiger charge is -2.37. The average molecular weight is 267 g/mol. The maximum atomic E-state index is 12.5.